The maximum Gasteiger partial charge on any atom is 0.573 e. The summed E-state index contributed by atoms with van der Waals surface area (Å²) in [4.78, 5) is 11.5. The molecule has 21 heavy (non-hydrogen) atoms. The fourth-order valence-electron chi connectivity index (χ4n) is 1.73. The minimum absolute atomic E-state index is 0.0263. The molecule has 0 saturated carbocycles. The van der Waals surface area contributed by atoms with Gasteiger partial charge in [-0.15, -0.1) is 13.2 Å². The van der Waals surface area contributed by atoms with E-state index in [1.54, 1.807) is 13.0 Å². The summed E-state index contributed by atoms with van der Waals surface area (Å²) in [5, 5.41) is 18.2. The molecule has 0 saturated heterocycles. The Kier molecular flexibility index (Phi) is 5.55. The number of nitriles is 1. The molecule has 0 aliphatic carbocycles. The summed E-state index contributed by atoms with van der Waals surface area (Å²) in [6.45, 7) is 0.850. The number of rotatable bonds is 5. The van der Waals surface area contributed by atoms with Crippen LogP contribution in [0.1, 0.15) is 23.6 Å². The van der Waals surface area contributed by atoms with E-state index in [0.29, 0.717) is 0 Å². The number of ether oxygens (including phenoxy) is 2. The van der Waals surface area contributed by atoms with Crippen molar-refractivity contribution in [3.05, 3.63) is 28.8 Å². The Balaban J connectivity index is 3.27. The fraction of sp³-hybridized carbons (Fsp3) is 0.385. The van der Waals surface area contributed by atoms with E-state index in [-0.39, 0.29) is 23.3 Å². The van der Waals surface area contributed by atoms with E-state index in [2.05, 4.69) is 4.74 Å². The van der Waals surface area contributed by atoms with E-state index >= 15 is 0 Å². The fourth-order valence-corrected chi connectivity index (χ4v) is 1.73. The first-order chi connectivity index (χ1) is 9.82. The second-order valence-electron chi connectivity index (χ2n) is 3.87. The molecule has 0 fully saturated rings. The number of carbonyl (C=O) groups is 1. The number of carbonyl (C=O) groups excluding carboxylic acids is 1. The van der Waals surface area contributed by atoms with Gasteiger partial charge in [0, 0.05) is 5.56 Å². The molecular weight excluding hydrogens is 291 g/mol. The van der Waals surface area contributed by atoms with Gasteiger partial charge in [0.2, 0.25) is 0 Å². The van der Waals surface area contributed by atoms with Gasteiger partial charge < -0.3 is 14.6 Å². The number of alkyl halides is 3. The molecule has 0 radical (unpaired) electrons. The number of halogens is 3. The van der Waals surface area contributed by atoms with Crippen LogP contribution in [0.2, 0.25) is 0 Å². The molecule has 0 atom stereocenters. The highest BCUT2D eigenvalue weighted by Crippen LogP contribution is 2.31. The second-order valence-corrected chi connectivity index (χ2v) is 3.87. The SMILES string of the molecule is CCOC(=O)Cc1c(C#N)ccc(OC(F)(F)F)c1CO. The number of aliphatic hydroxyl groups excluding tert-OH is 1. The zero-order chi connectivity index (χ0) is 16.0. The molecule has 0 bridgehead atoms. The highest BCUT2D eigenvalue weighted by molar-refractivity contribution is 5.74. The third-order valence-electron chi connectivity index (χ3n) is 2.52. The molecule has 0 aliphatic heterocycles. The molecule has 0 spiro atoms. The summed E-state index contributed by atoms with van der Waals surface area (Å²) in [5.74, 6) is -1.36. The lowest BCUT2D eigenvalue weighted by Gasteiger charge is -2.16. The van der Waals surface area contributed by atoms with E-state index in [4.69, 9.17) is 10.00 Å². The summed E-state index contributed by atoms with van der Waals surface area (Å²) in [5.41, 5.74) is -0.332. The van der Waals surface area contributed by atoms with Gasteiger partial charge in [-0.05, 0) is 24.6 Å². The molecule has 1 aromatic carbocycles. The molecule has 0 aliphatic rings. The van der Waals surface area contributed by atoms with Crippen molar-refractivity contribution in [1.29, 1.82) is 5.26 Å². The van der Waals surface area contributed by atoms with Crippen molar-refractivity contribution in [3.8, 4) is 11.8 Å². The first-order valence-corrected chi connectivity index (χ1v) is 5.89. The van der Waals surface area contributed by atoms with Gasteiger partial charge in [0.1, 0.15) is 5.75 Å². The second kappa shape index (κ2) is 6.95. The molecule has 0 heterocycles. The summed E-state index contributed by atoms with van der Waals surface area (Å²) in [6.07, 6.45) is -5.37. The van der Waals surface area contributed by atoms with Crippen molar-refractivity contribution < 1.29 is 32.5 Å². The van der Waals surface area contributed by atoms with Gasteiger partial charge in [-0.1, -0.05) is 0 Å². The van der Waals surface area contributed by atoms with Crippen molar-refractivity contribution in [2.75, 3.05) is 6.61 Å². The van der Waals surface area contributed by atoms with Crippen molar-refractivity contribution in [2.45, 2.75) is 26.3 Å². The van der Waals surface area contributed by atoms with Crippen LogP contribution in [0.5, 0.6) is 5.75 Å². The number of nitrogens with zero attached hydrogens (tertiary/aromatic N) is 1. The summed E-state index contributed by atoms with van der Waals surface area (Å²) in [6, 6.07) is 3.77. The van der Waals surface area contributed by atoms with Crippen LogP contribution in [-0.4, -0.2) is 24.0 Å². The number of benzene rings is 1. The summed E-state index contributed by atoms with van der Waals surface area (Å²) < 4.78 is 45.4. The molecule has 1 N–H and O–H groups in total. The first-order valence-electron chi connectivity index (χ1n) is 5.89. The van der Waals surface area contributed by atoms with E-state index in [0.717, 1.165) is 12.1 Å². The Hall–Kier alpha value is -2.27. The average Bonchev–Trinajstić information content (AvgIpc) is 2.37. The van der Waals surface area contributed by atoms with E-state index in [1.165, 1.54) is 0 Å². The van der Waals surface area contributed by atoms with Gasteiger partial charge in [0.05, 0.1) is 31.3 Å². The van der Waals surface area contributed by atoms with E-state index < -0.39 is 31.1 Å². The number of hydrogen-bond donors (Lipinski definition) is 1. The highest BCUT2D eigenvalue weighted by atomic mass is 19.4. The summed E-state index contributed by atoms with van der Waals surface area (Å²) in [7, 11) is 0. The Morgan fingerprint density at radius 1 is 1.38 bits per heavy atom. The maximum atomic E-state index is 12.3. The largest absolute Gasteiger partial charge is 0.573 e. The van der Waals surface area contributed by atoms with Crippen molar-refractivity contribution in [2.24, 2.45) is 0 Å². The van der Waals surface area contributed by atoms with Gasteiger partial charge >= 0.3 is 12.3 Å². The Labute approximate surface area is 118 Å². The highest BCUT2D eigenvalue weighted by Gasteiger charge is 2.33. The summed E-state index contributed by atoms with van der Waals surface area (Å²) >= 11 is 0. The van der Waals surface area contributed by atoms with Gasteiger partial charge in [-0.2, -0.15) is 5.26 Å². The van der Waals surface area contributed by atoms with Crippen LogP contribution in [0.4, 0.5) is 13.2 Å². The van der Waals surface area contributed by atoms with Crippen molar-refractivity contribution in [1.82, 2.24) is 0 Å². The third-order valence-corrected chi connectivity index (χ3v) is 2.52. The minimum Gasteiger partial charge on any atom is -0.466 e. The quantitative estimate of drug-likeness (QED) is 0.842. The van der Waals surface area contributed by atoms with Gasteiger partial charge in [0.15, 0.2) is 0 Å². The van der Waals surface area contributed by atoms with Gasteiger partial charge in [-0.3, -0.25) is 4.79 Å². The van der Waals surface area contributed by atoms with E-state index in [9.17, 15) is 23.1 Å². The zero-order valence-corrected chi connectivity index (χ0v) is 11.0. The molecule has 8 heteroatoms. The molecule has 0 aromatic heterocycles. The van der Waals surface area contributed by atoms with E-state index in [1.807, 2.05) is 0 Å². The monoisotopic (exact) mass is 303 g/mol. The number of aliphatic hydroxyl groups is 1. The van der Waals surface area contributed by atoms with Crippen LogP contribution in [0, 0.1) is 11.3 Å². The number of hydrogen-bond acceptors (Lipinski definition) is 5. The van der Waals surface area contributed by atoms with Crippen molar-refractivity contribution >= 4 is 5.97 Å². The molecule has 114 valence electrons. The van der Waals surface area contributed by atoms with Crippen molar-refractivity contribution in [3.63, 3.8) is 0 Å². The standard InChI is InChI=1S/C13H12F3NO4/c1-2-20-12(19)5-9-8(6-17)3-4-11(10(9)7-18)21-13(14,15)16/h3-4,18H,2,5,7H2,1H3. The lowest BCUT2D eigenvalue weighted by Crippen LogP contribution is -2.19. The van der Waals surface area contributed by atoms with Gasteiger partial charge in [0.25, 0.3) is 0 Å². The predicted octanol–water partition coefficient (Wildman–Crippen LogP) is 2.05. The van der Waals surface area contributed by atoms with Crippen LogP contribution in [-0.2, 0) is 22.6 Å². The zero-order valence-electron chi connectivity index (χ0n) is 11.0. The predicted molar refractivity (Wildman–Crippen MR) is 64.1 cm³/mol. The smallest absolute Gasteiger partial charge is 0.466 e. The van der Waals surface area contributed by atoms with Crippen LogP contribution < -0.4 is 4.74 Å². The first kappa shape index (κ1) is 16.8. The molecule has 1 aromatic rings. The normalized spacial score (nSPS) is 10.9. The Morgan fingerprint density at radius 2 is 2.05 bits per heavy atom. The van der Waals surface area contributed by atoms with Crippen LogP contribution in [0.3, 0.4) is 0 Å². The third kappa shape index (κ3) is 4.65. The topological polar surface area (TPSA) is 79.6 Å². The van der Waals surface area contributed by atoms with Crippen LogP contribution >= 0.6 is 0 Å². The molecule has 0 amide bonds. The molecule has 5 nitrogen and oxygen atoms in total. The minimum atomic E-state index is -4.95. The molecular formula is C13H12F3NO4. The molecule has 1 rings (SSSR count). The lowest BCUT2D eigenvalue weighted by molar-refractivity contribution is -0.275. The maximum absolute atomic E-state index is 12.3. The Bertz CT molecular complexity index is 564. The van der Waals surface area contributed by atoms with Crippen LogP contribution in [0.25, 0.3) is 0 Å². The number of esters is 1. The van der Waals surface area contributed by atoms with Gasteiger partial charge in [-0.25, -0.2) is 0 Å². The van der Waals surface area contributed by atoms with Crippen LogP contribution in [0.15, 0.2) is 12.1 Å². The Morgan fingerprint density at radius 3 is 2.52 bits per heavy atom. The lowest BCUT2D eigenvalue weighted by atomic mass is 9.98. The average molecular weight is 303 g/mol. The molecule has 0 unspecified atom stereocenters.